The Labute approximate surface area is 109 Å². The lowest BCUT2D eigenvalue weighted by molar-refractivity contribution is 0.281. The van der Waals surface area contributed by atoms with E-state index in [1.807, 2.05) is 6.92 Å². The van der Waals surface area contributed by atoms with E-state index in [0.717, 1.165) is 18.4 Å². The van der Waals surface area contributed by atoms with Crippen LogP contribution in [-0.2, 0) is 22.4 Å². The van der Waals surface area contributed by atoms with Gasteiger partial charge in [0, 0.05) is 13.6 Å². The van der Waals surface area contributed by atoms with Crippen LogP contribution in [0.25, 0.3) is 0 Å². The molecule has 0 spiro atoms. The lowest BCUT2D eigenvalue weighted by Crippen LogP contribution is -2.29. The van der Waals surface area contributed by atoms with E-state index in [1.165, 1.54) is 4.31 Å². The predicted octanol–water partition coefficient (Wildman–Crippen LogP) is 1.74. The van der Waals surface area contributed by atoms with E-state index >= 15 is 0 Å². The van der Waals surface area contributed by atoms with Crippen molar-refractivity contribution in [3.63, 3.8) is 0 Å². The Morgan fingerprint density at radius 1 is 1.28 bits per heavy atom. The molecule has 0 saturated carbocycles. The topological polar surface area (TPSA) is 57.6 Å². The molecule has 1 N–H and O–H groups in total. The molecule has 0 aliphatic rings. The quantitative estimate of drug-likeness (QED) is 0.822. The molecule has 0 aliphatic carbocycles. The molecule has 18 heavy (non-hydrogen) atoms. The number of aliphatic hydroxyl groups is 1. The second-order valence-corrected chi connectivity index (χ2v) is 6.49. The summed E-state index contributed by atoms with van der Waals surface area (Å²) in [6.45, 7) is 2.52. The molecule has 0 fully saturated rings. The van der Waals surface area contributed by atoms with Crippen LogP contribution in [0.4, 0.5) is 0 Å². The summed E-state index contributed by atoms with van der Waals surface area (Å²) in [6.07, 6.45) is 1.84. The number of hydrogen-bond donors (Lipinski definition) is 1. The minimum Gasteiger partial charge on any atom is -0.392 e. The first kappa shape index (κ1) is 15.1. The van der Waals surface area contributed by atoms with Gasteiger partial charge in [0.2, 0.25) is 10.0 Å². The van der Waals surface area contributed by atoms with Gasteiger partial charge in [0.25, 0.3) is 0 Å². The molecule has 0 amide bonds. The normalized spacial score (nSPS) is 12.0. The van der Waals surface area contributed by atoms with Crippen LogP contribution in [0.15, 0.2) is 24.3 Å². The largest absolute Gasteiger partial charge is 0.392 e. The first-order valence-electron chi connectivity index (χ1n) is 6.12. The number of sulfonamides is 1. The Hall–Kier alpha value is -0.910. The van der Waals surface area contributed by atoms with E-state index in [4.69, 9.17) is 5.11 Å². The number of unbranched alkanes of at least 4 members (excludes halogenated alkanes) is 1. The first-order chi connectivity index (χ1) is 8.49. The summed E-state index contributed by atoms with van der Waals surface area (Å²) in [4.78, 5) is 0. The van der Waals surface area contributed by atoms with Gasteiger partial charge in [0.15, 0.2) is 0 Å². The van der Waals surface area contributed by atoms with Gasteiger partial charge in [-0.2, -0.15) is 0 Å². The fourth-order valence-electron chi connectivity index (χ4n) is 1.66. The lowest BCUT2D eigenvalue weighted by atomic mass is 10.1. The maximum Gasteiger partial charge on any atom is 0.218 e. The second-order valence-electron chi connectivity index (χ2n) is 4.41. The third-order valence-corrected chi connectivity index (χ3v) is 4.65. The summed E-state index contributed by atoms with van der Waals surface area (Å²) in [7, 11) is -1.65. The van der Waals surface area contributed by atoms with Gasteiger partial charge in [-0.15, -0.1) is 0 Å². The number of nitrogens with zero attached hydrogens (tertiary/aromatic N) is 1. The molecule has 0 unspecified atom stereocenters. The molecule has 0 aromatic heterocycles. The molecular weight excluding hydrogens is 250 g/mol. The van der Waals surface area contributed by atoms with Gasteiger partial charge < -0.3 is 5.11 Å². The van der Waals surface area contributed by atoms with Gasteiger partial charge in [0.05, 0.1) is 12.4 Å². The standard InChI is InChI=1S/C13H21NO3S/c1-3-4-8-14(2)18(16,17)11-13-7-5-6-12(9-13)10-15/h5-7,9,15H,3-4,8,10-11H2,1-2H3. The van der Waals surface area contributed by atoms with Crippen molar-refractivity contribution in [2.24, 2.45) is 0 Å². The molecule has 5 heteroatoms. The highest BCUT2D eigenvalue weighted by atomic mass is 32.2. The van der Waals surface area contributed by atoms with E-state index in [0.29, 0.717) is 12.1 Å². The molecule has 4 nitrogen and oxygen atoms in total. The van der Waals surface area contributed by atoms with Crippen molar-refractivity contribution in [3.05, 3.63) is 35.4 Å². The highest BCUT2D eigenvalue weighted by Gasteiger charge is 2.17. The van der Waals surface area contributed by atoms with E-state index in [2.05, 4.69) is 0 Å². The minimum absolute atomic E-state index is 0.0128. The van der Waals surface area contributed by atoms with Crippen molar-refractivity contribution in [1.29, 1.82) is 0 Å². The molecule has 0 atom stereocenters. The fourth-order valence-corrected chi connectivity index (χ4v) is 2.89. The Balaban J connectivity index is 2.75. The van der Waals surface area contributed by atoms with Gasteiger partial charge in [-0.05, 0) is 17.5 Å². The summed E-state index contributed by atoms with van der Waals surface area (Å²) in [5.41, 5.74) is 1.45. The van der Waals surface area contributed by atoms with E-state index in [9.17, 15) is 8.42 Å². The number of rotatable bonds is 7. The van der Waals surface area contributed by atoms with E-state index in [1.54, 1.807) is 31.3 Å². The number of aliphatic hydroxyl groups excluding tert-OH is 1. The van der Waals surface area contributed by atoms with Crippen LogP contribution in [0.3, 0.4) is 0 Å². The molecular formula is C13H21NO3S. The molecule has 0 bridgehead atoms. The maximum absolute atomic E-state index is 12.1. The average molecular weight is 271 g/mol. The van der Waals surface area contributed by atoms with Crippen molar-refractivity contribution < 1.29 is 13.5 Å². The smallest absolute Gasteiger partial charge is 0.218 e. The number of hydrogen-bond acceptors (Lipinski definition) is 3. The zero-order valence-corrected chi connectivity index (χ0v) is 11.8. The van der Waals surface area contributed by atoms with Gasteiger partial charge in [-0.25, -0.2) is 12.7 Å². The molecule has 102 valence electrons. The first-order valence-corrected chi connectivity index (χ1v) is 7.73. The second kappa shape index (κ2) is 6.87. The van der Waals surface area contributed by atoms with Crippen molar-refractivity contribution in [1.82, 2.24) is 4.31 Å². The van der Waals surface area contributed by atoms with Gasteiger partial charge in [0.1, 0.15) is 0 Å². The summed E-state index contributed by atoms with van der Waals surface area (Å²) in [5.74, 6) is -0.0128. The van der Waals surface area contributed by atoms with Crippen molar-refractivity contribution in [2.45, 2.75) is 32.1 Å². The molecule has 0 saturated heterocycles. The maximum atomic E-state index is 12.1. The van der Waals surface area contributed by atoms with Crippen LogP contribution in [0, 0.1) is 0 Å². The molecule has 1 aromatic carbocycles. The molecule has 0 aliphatic heterocycles. The van der Waals surface area contributed by atoms with Gasteiger partial charge in [-0.1, -0.05) is 37.6 Å². The Kier molecular flexibility index (Phi) is 5.78. The summed E-state index contributed by atoms with van der Waals surface area (Å²) in [5, 5.41) is 9.03. The van der Waals surface area contributed by atoms with Crippen LogP contribution < -0.4 is 0 Å². The Morgan fingerprint density at radius 2 is 1.94 bits per heavy atom. The molecule has 1 aromatic rings. The van der Waals surface area contributed by atoms with E-state index in [-0.39, 0.29) is 12.4 Å². The number of benzene rings is 1. The van der Waals surface area contributed by atoms with Crippen LogP contribution >= 0.6 is 0 Å². The molecule has 0 radical (unpaired) electrons. The van der Waals surface area contributed by atoms with Crippen molar-refractivity contribution in [3.8, 4) is 0 Å². The average Bonchev–Trinajstić information content (AvgIpc) is 2.35. The third kappa shape index (κ3) is 4.40. The third-order valence-electron chi connectivity index (χ3n) is 2.82. The van der Waals surface area contributed by atoms with Gasteiger partial charge in [-0.3, -0.25) is 0 Å². The SMILES string of the molecule is CCCCN(C)S(=O)(=O)Cc1cccc(CO)c1. The van der Waals surface area contributed by atoms with Crippen LogP contribution in [-0.4, -0.2) is 31.4 Å². The molecule has 1 rings (SSSR count). The monoisotopic (exact) mass is 271 g/mol. The fraction of sp³-hybridized carbons (Fsp3) is 0.538. The zero-order valence-electron chi connectivity index (χ0n) is 11.0. The summed E-state index contributed by atoms with van der Waals surface area (Å²) >= 11 is 0. The van der Waals surface area contributed by atoms with Crippen LogP contribution in [0.1, 0.15) is 30.9 Å². The van der Waals surface area contributed by atoms with Crippen molar-refractivity contribution >= 4 is 10.0 Å². The zero-order chi connectivity index (χ0) is 13.6. The predicted molar refractivity (Wildman–Crippen MR) is 72.5 cm³/mol. The highest BCUT2D eigenvalue weighted by molar-refractivity contribution is 7.88. The Morgan fingerprint density at radius 3 is 2.56 bits per heavy atom. The Bertz CT molecular complexity index is 471. The highest BCUT2D eigenvalue weighted by Crippen LogP contribution is 2.12. The molecule has 0 heterocycles. The van der Waals surface area contributed by atoms with E-state index < -0.39 is 10.0 Å². The summed E-state index contributed by atoms with van der Waals surface area (Å²) < 4.78 is 25.5. The van der Waals surface area contributed by atoms with Crippen LogP contribution in [0.5, 0.6) is 0 Å². The summed E-state index contributed by atoms with van der Waals surface area (Å²) in [6, 6.07) is 7.04. The van der Waals surface area contributed by atoms with Crippen LogP contribution in [0.2, 0.25) is 0 Å². The van der Waals surface area contributed by atoms with Crippen molar-refractivity contribution in [2.75, 3.05) is 13.6 Å². The van der Waals surface area contributed by atoms with Gasteiger partial charge >= 0.3 is 0 Å². The lowest BCUT2D eigenvalue weighted by Gasteiger charge is -2.16. The minimum atomic E-state index is -3.26.